The van der Waals surface area contributed by atoms with E-state index < -0.39 is 6.04 Å². The van der Waals surface area contributed by atoms with Crippen LogP contribution in [0.5, 0.6) is 0 Å². The van der Waals surface area contributed by atoms with Gasteiger partial charge in [-0.2, -0.15) is 0 Å². The van der Waals surface area contributed by atoms with Crippen molar-refractivity contribution in [3.8, 4) is 0 Å². The van der Waals surface area contributed by atoms with Gasteiger partial charge in [-0.3, -0.25) is 9.59 Å². The number of benzene rings is 2. The van der Waals surface area contributed by atoms with Gasteiger partial charge < -0.3 is 19.9 Å². The Hall–Kier alpha value is -2.86. The maximum absolute atomic E-state index is 13.2. The molecule has 1 atom stereocenters. The van der Waals surface area contributed by atoms with Crippen molar-refractivity contribution in [2.75, 3.05) is 31.2 Å². The van der Waals surface area contributed by atoms with Gasteiger partial charge in [0.25, 0.3) is 0 Å². The molecule has 0 saturated carbocycles. The molecule has 0 aromatic heterocycles. The van der Waals surface area contributed by atoms with E-state index in [1.54, 1.807) is 4.90 Å². The second-order valence-corrected chi connectivity index (χ2v) is 9.09. The summed E-state index contributed by atoms with van der Waals surface area (Å²) in [6, 6.07) is 15.9. The molecule has 1 unspecified atom stereocenters. The molecule has 0 spiro atoms. The van der Waals surface area contributed by atoms with Crippen molar-refractivity contribution in [3.63, 3.8) is 0 Å². The molecule has 170 valence electrons. The number of carbonyl (C=O) groups is 2. The molecular formula is C26H33N3O3. The van der Waals surface area contributed by atoms with Crippen LogP contribution in [0.4, 0.5) is 5.69 Å². The third-order valence-corrected chi connectivity index (χ3v) is 6.23. The highest BCUT2D eigenvalue weighted by atomic mass is 16.5. The van der Waals surface area contributed by atoms with Crippen LogP contribution in [0.2, 0.25) is 0 Å². The SMILES string of the molecule is CC(C)CC(=O)N1Cc2ccccc2CC1C(=O)NCc1ccc(N2CCOCC2)cc1. The van der Waals surface area contributed by atoms with Crippen LogP contribution in [0.3, 0.4) is 0 Å². The number of hydrogen-bond acceptors (Lipinski definition) is 4. The predicted octanol–water partition coefficient (Wildman–Crippen LogP) is 3.14. The molecule has 2 aliphatic rings. The Labute approximate surface area is 190 Å². The van der Waals surface area contributed by atoms with Crippen molar-refractivity contribution < 1.29 is 14.3 Å². The van der Waals surface area contributed by atoms with Gasteiger partial charge in [0.1, 0.15) is 6.04 Å². The number of nitrogens with one attached hydrogen (secondary N) is 1. The second kappa shape index (κ2) is 10.2. The standard InChI is InChI=1S/C26H33N3O3/c1-19(2)15-25(30)29-18-22-6-4-3-5-21(22)16-24(29)26(31)27-17-20-7-9-23(10-8-20)28-11-13-32-14-12-28/h3-10,19,24H,11-18H2,1-2H3,(H,27,31). The summed E-state index contributed by atoms with van der Waals surface area (Å²) in [5, 5.41) is 3.07. The Kier molecular flexibility index (Phi) is 7.10. The van der Waals surface area contributed by atoms with Gasteiger partial charge >= 0.3 is 0 Å². The summed E-state index contributed by atoms with van der Waals surface area (Å²) in [5.41, 5.74) is 4.51. The van der Waals surface area contributed by atoms with E-state index in [0.29, 0.717) is 25.9 Å². The average molecular weight is 436 g/mol. The minimum Gasteiger partial charge on any atom is -0.378 e. The molecule has 1 saturated heterocycles. The van der Waals surface area contributed by atoms with Crippen LogP contribution in [0.15, 0.2) is 48.5 Å². The van der Waals surface area contributed by atoms with E-state index in [2.05, 4.69) is 46.6 Å². The molecular weight excluding hydrogens is 402 g/mol. The minimum atomic E-state index is -0.469. The first-order chi connectivity index (χ1) is 15.5. The molecule has 2 amide bonds. The van der Waals surface area contributed by atoms with Crippen molar-refractivity contribution in [2.45, 2.75) is 45.8 Å². The van der Waals surface area contributed by atoms with E-state index in [1.807, 2.05) is 26.0 Å². The van der Waals surface area contributed by atoms with E-state index >= 15 is 0 Å². The Morgan fingerprint density at radius 1 is 1.03 bits per heavy atom. The number of ether oxygens (including phenoxy) is 1. The number of anilines is 1. The molecule has 1 fully saturated rings. The largest absolute Gasteiger partial charge is 0.378 e. The van der Waals surface area contributed by atoms with Gasteiger partial charge in [0.15, 0.2) is 0 Å². The Balaban J connectivity index is 1.41. The highest BCUT2D eigenvalue weighted by molar-refractivity contribution is 5.88. The van der Waals surface area contributed by atoms with Crippen LogP contribution in [0, 0.1) is 5.92 Å². The predicted molar refractivity (Wildman–Crippen MR) is 125 cm³/mol. The fraction of sp³-hybridized carbons (Fsp3) is 0.462. The van der Waals surface area contributed by atoms with Crippen molar-refractivity contribution in [1.82, 2.24) is 10.2 Å². The molecule has 6 heteroatoms. The number of hydrogen-bond donors (Lipinski definition) is 1. The number of morpholine rings is 1. The zero-order chi connectivity index (χ0) is 22.5. The lowest BCUT2D eigenvalue weighted by atomic mass is 9.92. The number of nitrogens with zero attached hydrogens (tertiary/aromatic N) is 2. The Morgan fingerprint density at radius 3 is 2.41 bits per heavy atom. The van der Waals surface area contributed by atoms with Gasteiger partial charge in [0.2, 0.25) is 11.8 Å². The van der Waals surface area contributed by atoms with E-state index in [0.717, 1.165) is 43.0 Å². The molecule has 4 rings (SSSR count). The molecule has 2 aliphatic heterocycles. The molecule has 2 heterocycles. The fourth-order valence-corrected chi connectivity index (χ4v) is 4.44. The fourth-order valence-electron chi connectivity index (χ4n) is 4.44. The lowest BCUT2D eigenvalue weighted by Crippen LogP contribution is -2.52. The third-order valence-electron chi connectivity index (χ3n) is 6.23. The van der Waals surface area contributed by atoms with Crippen LogP contribution in [0.1, 0.15) is 37.0 Å². The van der Waals surface area contributed by atoms with Gasteiger partial charge in [0, 0.05) is 44.7 Å². The van der Waals surface area contributed by atoms with Gasteiger partial charge in [-0.15, -0.1) is 0 Å². The summed E-state index contributed by atoms with van der Waals surface area (Å²) >= 11 is 0. The molecule has 2 aromatic rings. The van der Waals surface area contributed by atoms with Crippen molar-refractivity contribution >= 4 is 17.5 Å². The second-order valence-electron chi connectivity index (χ2n) is 9.09. The van der Waals surface area contributed by atoms with Gasteiger partial charge in [-0.05, 0) is 34.7 Å². The number of rotatable bonds is 6. The van der Waals surface area contributed by atoms with Crippen molar-refractivity contribution in [1.29, 1.82) is 0 Å². The van der Waals surface area contributed by atoms with Gasteiger partial charge in [-0.25, -0.2) is 0 Å². The lowest BCUT2D eigenvalue weighted by Gasteiger charge is -2.36. The highest BCUT2D eigenvalue weighted by Crippen LogP contribution is 2.25. The van der Waals surface area contributed by atoms with Crippen molar-refractivity contribution in [3.05, 3.63) is 65.2 Å². The average Bonchev–Trinajstić information content (AvgIpc) is 2.82. The summed E-state index contributed by atoms with van der Waals surface area (Å²) in [5.74, 6) is 0.215. The van der Waals surface area contributed by atoms with Crippen LogP contribution in [-0.2, 0) is 33.8 Å². The summed E-state index contributed by atoms with van der Waals surface area (Å²) in [4.78, 5) is 30.2. The van der Waals surface area contributed by atoms with Crippen LogP contribution < -0.4 is 10.2 Å². The van der Waals surface area contributed by atoms with Gasteiger partial charge in [0.05, 0.1) is 13.2 Å². The molecule has 0 radical (unpaired) electrons. The molecule has 6 nitrogen and oxygen atoms in total. The zero-order valence-corrected chi connectivity index (χ0v) is 19.0. The van der Waals surface area contributed by atoms with Crippen LogP contribution >= 0.6 is 0 Å². The number of carbonyl (C=O) groups excluding carboxylic acids is 2. The molecule has 2 aromatic carbocycles. The quantitative estimate of drug-likeness (QED) is 0.757. The summed E-state index contributed by atoms with van der Waals surface area (Å²) < 4.78 is 5.42. The zero-order valence-electron chi connectivity index (χ0n) is 19.0. The topological polar surface area (TPSA) is 61.9 Å². The first-order valence-electron chi connectivity index (χ1n) is 11.6. The van der Waals surface area contributed by atoms with E-state index in [9.17, 15) is 9.59 Å². The van der Waals surface area contributed by atoms with E-state index in [-0.39, 0.29) is 17.7 Å². The first kappa shape index (κ1) is 22.3. The highest BCUT2D eigenvalue weighted by Gasteiger charge is 2.34. The molecule has 0 aliphatic carbocycles. The van der Waals surface area contributed by atoms with Crippen molar-refractivity contribution in [2.24, 2.45) is 5.92 Å². The monoisotopic (exact) mass is 435 g/mol. The van der Waals surface area contributed by atoms with E-state index in [1.165, 1.54) is 5.69 Å². The smallest absolute Gasteiger partial charge is 0.243 e. The maximum Gasteiger partial charge on any atom is 0.243 e. The van der Waals surface area contributed by atoms with E-state index in [4.69, 9.17) is 4.74 Å². The Morgan fingerprint density at radius 2 is 1.72 bits per heavy atom. The third kappa shape index (κ3) is 5.30. The lowest BCUT2D eigenvalue weighted by molar-refractivity contribution is -0.142. The summed E-state index contributed by atoms with van der Waals surface area (Å²) in [7, 11) is 0. The number of fused-ring (bicyclic) bond motifs is 1. The molecule has 32 heavy (non-hydrogen) atoms. The van der Waals surface area contributed by atoms with Crippen LogP contribution in [-0.4, -0.2) is 49.1 Å². The maximum atomic E-state index is 13.2. The summed E-state index contributed by atoms with van der Waals surface area (Å²) in [6.45, 7) is 8.33. The molecule has 1 N–H and O–H groups in total. The minimum absolute atomic E-state index is 0.0458. The molecule has 0 bridgehead atoms. The van der Waals surface area contributed by atoms with Gasteiger partial charge in [-0.1, -0.05) is 50.2 Å². The number of amides is 2. The van der Waals surface area contributed by atoms with Crippen LogP contribution in [0.25, 0.3) is 0 Å². The Bertz CT molecular complexity index is 936. The first-order valence-corrected chi connectivity index (χ1v) is 11.6. The normalized spacial score (nSPS) is 18.4. The summed E-state index contributed by atoms with van der Waals surface area (Å²) in [6.07, 6.45) is 1.01.